The lowest BCUT2D eigenvalue weighted by atomic mass is 9.85. The summed E-state index contributed by atoms with van der Waals surface area (Å²) in [5.74, 6) is -3.40. The predicted molar refractivity (Wildman–Crippen MR) is 106 cm³/mol. The molecule has 0 aromatic heterocycles. The number of hydrogen-bond acceptors (Lipinski definition) is 5. The van der Waals surface area contributed by atoms with Crippen molar-refractivity contribution >= 4 is 0 Å². The van der Waals surface area contributed by atoms with E-state index < -0.39 is 36.9 Å². The van der Waals surface area contributed by atoms with Crippen LogP contribution >= 0.6 is 0 Å². The van der Waals surface area contributed by atoms with E-state index in [1.54, 1.807) is 12.1 Å². The molecular formula is C23H26F2O5. The van der Waals surface area contributed by atoms with Crippen LogP contribution in [0, 0.1) is 6.92 Å². The summed E-state index contributed by atoms with van der Waals surface area (Å²) in [6.45, 7) is 0.948. The second kappa shape index (κ2) is 7.89. The quantitative estimate of drug-likeness (QED) is 0.693. The van der Waals surface area contributed by atoms with Gasteiger partial charge in [0.1, 0.15) is 30.2 Å². The van der Waals surface area contributed by atoms with Crippen molar-refractivity contribution in [1.29, 1.82) is 0 Å². The molecule has 1 aliphatic carbocycles. The van der Waals surface area contributed by atoms with Crippen LogP contribution in [-0.2, 0) is 24.0 Å². The molecule has 2 aromatic carbocycles. The molecule has 162 valence electrons. The minimum absolute atomic E-state index is 0.363. The molecule has 1 aliphatic heterocycles. The van der Waals surface area contributed by atoms with E-state index in [-0.39, 0.29) is 0 Å². The van der Waals surface area contributed by atoms with Gasteiger partial charge in [-0.2, -0.15) is 0 Å². The Bertz CT molecular complexity index is 941. The van der Waals surface area contributed by atoms with E-state index in [9.17, 15) is 24.1 Å². The maximum atomic E-state index is 14.2. The molecule has 0 amide bonds. The van der Waals surface area contributed by atoms with Gasteiger partial charge in [-0.1, -0.05) is 18.2 Å². The van der Waals surface area contributed by atoms with Crippen molar-refractivity contribution in [3.63, 3.8) is 0 Å². The van der Waals surface area contributed by atoms with Crippen molar-refractivity contribution in [3.8, 4) is 5.75 Å². The number of aliphatic hydroxyl groups is 3. The molecule has 1 heterocycles. The molecule has 2 aliphatic rings. The summed E-state index contributed by atoms with van der Waals surface area (Å²) in [5.41, 5.74) is 6.11. The Kier molecular flexibility index (Phi) is 5.57. The highest BCUT2D eigenvalue weighted by Crippen LogP contribution is 2.43. The van der Waals surface area contributed by atoms with Gasteiger partial charge in [0.2, 0.25) is 0 Å². The fourth-order valence-electron chi connectivity index (χ4n) is 4.27. The highest BCUT2D eigenvalue weighted by molar-refractivity contribution is 5.47. The van der Waals surface area contributed by atoms with E-state index in [4.69, 9.17) is 9.47 Å². The number of methoxy groups -OCH3 is 1. The number of fused-ring (bicyclic) bond motifs is 1. The van der Waals surface area contributed by atoms with Gasteiger partial charge in [0.15, 0.2) is 0 Å². The van der Waals surface area contributed by atoms with E-state index in [1.165, 1.54) is 18.2 Å². The Labute approximate surface area is 173 Å². The molecule has 7 heteroatoms. The highest BCUT2D eigenvalue weighted by Gasteiger charge is 2.57. The smallest absolute Gasteiger partial charge is 0.303 e. The molecule has 4 rings (SSSR count). The number of aliphatic hydroxyl groups excluding tert-OH is 3. The van der Waals surface area contributed by atoms with Crippen molar-refractivity contribution in [2.75, 3.05) is 13.7 Å². The summed E-state index contributed by atoms with van der Waals surface area (Å²) in [4.78, 5) is 0. The van der Waals surface area contributed by atoms with Crippen LogP contribution in [0.3, 0.4) is 0 Å². The second-order valence-electron chi connectivity index (χ2n) is 8.14. The molecule has 0 bridgehead atoms. The molecule has 30 heavy (non-hydrogen) atoms. The van der Waals surface area contributed by atoms with E-state index in [0.29, 0.717) is 17.7 Å². The minimum Gasteiger partial charge on any atom is -0.496 e. The van der Waals surface area contributed by atoms with Crippen molar-refractivity contribution in [2.45, 2.75) is 56.5 Å². The first-order chi connectivity index (χ1) is 14.3. The van der Waals surface area contributed by atoms with Crippen LogP contribution in [0.2, 0.25) is 0 Å². The van der Waals surface area contributed by atoms with Crippen molar-refractivity contribution in [2.24, 2.45) is 0 Å². The first kappa shape index (κ1) is 21.2. The molecule has 3 N–H and O–H groups in total. The monoisotopic (exact) mass is 420 g/mol. The fourth-order valence-corrected chi connectivity index (χ4v) is 4.27. The van der Waals surface area contributed by atoms with Crippen molar-refractivity contribution in [3.05, 3.63) is 63.7 Å². The number of halogens is 2. The largest absolute Gasteiger partial charge is 0.496 e. The number of benzene rings is 2. The Morgan fingerprint density at radius 3 is 2.47 bits per heavy atom. The van der Waals surface area contributed by atoms with Crippen LogP contribution < -0.4 is 4.74 Å². The third-order valence-electron chi connectivity index (χ3n) is 6.26. The summed E-state index contributed by atoms with van der Waals surface area (Å²) in [7, 11) is 1.44. The van der Waals surface area contributed by atoms with Crippen LogP contribution in [0.4, 0.5) is 8.78 Å². The Balaban J connectivity index is 1.70. The zero-order valence-electron chi connectivity index (χ0n) is 16.9. The van der Waals surface area contributed by atoms with Crippen LogP contribution in [0.25, 0.3) is 0 Å². The minimum atomic E-state index is -3.77. The lowest BCUT2D eigenvalue weighted by Crippen LogP contribution is -2.59. The number of ether oxygens (including phenoxy) is 2. The first-order valence-corrected chi connectivity index (χ1v) is 10.0. The number of rotatable bonds is 5. The molecule has 0 unspecified atom stereocenters. The van der Waals surface area contributed by atoms with Crippen LogP contribution in [-0.4, -0.2) is 53.3 Å². The van der Waals surface area contributed by atoms with Gasteiger partial charge in [-0.3, -0.25) is 0 Å². The topological polar surface area (TPSA) is 79.2 Å². The van der Waals surface area contributed by atoms with E-state index in [0.717, 1.165) is 29.5 Å². The predicted octanol–water partition coefficient (Wildman–Crippen LogP) is 2.48. The van der Waals surface area contributed by atoms with Gasteiger partial charge in [-0.15, -0.1) is 0 Å². The zero-order valence-corrected chi connectivity index (χ0v) is 16.9. The molecule has 4 atom stereocenters. The Morgan fingerprint density at radius 1 is 1.13 bits per heavy atom. The van der Waals surface area contributed by atoms with Crippen molar-refractivity contribution in [1.82, 2.24) is 0 Å². The van der Waals surface area contributed by atoms with E-state index in [1.807, 2.05) is 6.92 Å². The zero-order chi connectivity index (χ0) is 21.6. The van der Waals surface area contributed by atoms with Gasteiger partial charge >= 0.3 is 5.92 Å². The van der Waals surface area contributed by atoms with E-state index >= 15 is 0 Å². The third kappa shape index (κ3) is 3.50. The Hall–Kier alpha value is -2.06. The molecule has 5 nitrogen and oxygen atoms in total. The standard InChI is InChI=1S/C23H26F2O5/c1-12-7-18(29-2)17(21-20(27)22(28)23(24,25)19(11-26)30-21)10-16(12)9-13-3-4-14-5-6-15(14)8-13/h3-4,7-8,10,19-22,26-28H,5-6,9,11H2,1-2H3/t19-,20+,21+,22-/m1/s1. The lowest BCUT2D eigenvalue weighted by molar-refractivity contribution is -0.296. The molecule has 2 aromatic rings. The summed E-state index contributed by atoms with van der Waals surface area (Å²) < 4.78 is 39.1. The SMILES string of the molecule is COc1cc(C)c(Cc2ccc3c(c2)CC3)cc1[C@@H]1O[C@H](CO)C(F)(F)[C@H](O)[C@H]1O. The second-order valence-corrected chi connectivity index (χ2v) is 8.14. The number of alkyl halides is 2. The molecule has 1 fully saturated rings. The summed E-state index contributed by atoms with van der Waals surface area (Å²) >= 11 is 0. The maximum absolute atomic E-state index is 14.2. The first-order valence-electron chi connectivity index (χ1n) is 10.0. The third-order valence-corrected chi connectivity index (χ3v) is 6.26. The van der Waals surface area contributed by atoms with Gasteiger partial charge in [0.05, 0.1) is 13.7 Å². The number of hydrogen-bond donors (Lipinski definition) is 3. The average molecular weight is 420 g/mol. The van der Waals surface area contributed by atoms with E-state index in [2.05, 4.69) is 18.2 Å². The molecule has 0 spiro atoms. The average Bonchev–Trinajstić information content (AvgIpc) is 2.70. The normalized spacial score (nSPS) is 27.3. The van der Waals surface area contributed by atoms with Gasteiger partial charge in [0, 0.05) is 5.56 Å². The molecule has 1 saturated heterocycles. The number of aryl methyl sites for hydroxylation is 3. The van der Waals surface area contributed by atoms with Crippen LogP contribution in [0.15, 0.2) is 30.3 Å². The fraction of sp³-hybridized carbons (Fsp3) is 0.478. The van der Waals surface area contributed by atoms with Gasteiger partial charge in [-0.05, 0) is 66.1 Å². The van der Waals surface area contributed by atoms with Gasteiger partial charge in [-0.25, -0.2) is 8.78 Å². The highest BCUT2D eigenvalue weighted by atomic mass is 19.3. The van der Waals surface area contributed by atoms with Gasteiger partial charge < -0.3 is 24.8 Å². The lowest BCUT2D eigenvalue weighted by Gasteiger charge is -2.42. The summed E-state index contributed by atoms with van der Waals surface area (Å²) in [5, 5.41) is 29.7. The van der Waals surface area contributed by atoms with Crippen molar-refractivity contribution < 1.29 is 33.6 Å². The maximum Gasteiger partial charge on any atom is 0.303 e. The molecule has 0 saturated carbocycles. The van der Waals surface area contributed by atoms with Crippen LogP contribution in [0.5, 0.6) is 5.75 Å². The van der Waals surface area contributed by atoms with Gasteiger partial charge in [0.25, 0.3) is 0 Å². The molecular weight excluding hydrogens is 394 g/mol. The Morgan fingerprint density at radius 2 is 1.87 bits per heavy atom. The summed E-state index contributed by atoms with van der Waals surface area (Å²) in [6.07, 6.45) is -4.61. The van der Waals surface area contributed by atoms with Crippen LogP contribution in [0.1, 0.15) is 39.5 Å². The molecule has 0 radical (unpaired) electrons. The summed E-state index contributed by atoms with van der Waals surface area (Å²) in [6, 6.07) is 9.94.